The van der Waals surface area contributed by atoms with Crippen molar-refractivity contribution in [2.75, 3.05) is 18.4 Å². The van der Waals surface area contributed by atoms with E-state index in [-0.39, 0.29) is 5.91 Å². The van der Waals surface area contributed by atoms with Crippen LogP contribution in [0.25, 0.3) is 0 Å². The molecule has 2 aromatic heterocycles. The topological polar surface area (TPSA) is 83.9 Å². The highest BCUT2D eigenvalue weighted by molar-refractivity contribution is 5.92. The summed E-state index contributed by atoms with van der Waals surface area (Å²) in [7, 11) is 0. The van der Waals surface area contributed by atoms with Gasteiger partial charge in [0.05, 0.1) is 6.20 Å². The zero-order valence-electron chi connectivity index (χ0n) is 14.1. The van der Waals surface area contributed by atoms with Crippen LogP contribution in [0.1, 0.15) is 41.8 Å². The number of piperidine rings is 1. The van der Waals surface area contributed by atoms with Crippen molar-refractivity contribution >= 4 is 11.7 Å². The normalized spacial score (nSPS) is 15.3. The average molecular weight is 326 g/mol. The van der Waals surface area contributed by atoms with E-state index in [1.54, 1.807) is 12.4 Å². The number of amides is 1. The van der Waals surface area contributed by atoms with Gasteiger partial charge < -0.3 is 10.2 Å². The number of carbonyl (C=O) groups is 1. The maximum Gasteiger partial charge on any atom is 0.274 e. The van der Waals surface area contributed by atoms with Gasteiger partial charge in [-0.2, -0.15) is 0 Å². The lowest BCUT2D eigenvalue weighted by Gasteiger charge is -2.32. The highest BCUT2D eigenvalue weighted by Gasteiger charge is 2.24. The molecule has 1 amide bonds. The standard InChI is InChI=1S/C17H22N6O/c1-3-13-10-16(21-12(2)20-13)22-14-4-8-23(9-5-14)17(24)15-11-18-6-7-19-15/h6-7,10-11,14H,3-5,8-9H2,1-2H3,(H,20,21,22). The molecule has 1 saturated heterocycles. The van der Waals surface area contributed by atoms with E-state index in [9.17, 15) is 4.79 Å². The molecule has 1 aliphatic rings. The quantitative estimate of drug-likeness (QED) is 0.923. The van der Waals surface area contributed by atoms with Gasteiger partial charge >= 0.3 is 0 Å². The number of likely N-dealkylation sites (tertiary alicyclic amines) is 1. The molecule has 24 heavy (non-hydrogen) atoms. The molecule has 0 aliphatic carbocycles. The van der Waals surface area contributed by atoms with E-state index in [2.05, 4.69) is 32.2 Å². The van der Waals surface area contributed by atoms with Gasteiger partial charge in [-0.05, 0) is 26.2 Å². The Morgan fingerprint density at radius 1 is 1.29 bits per heavy atom. The fourth-order valence-corrected chi connectivity index (χ4v) is 2.89. The third-order valence-corrected chi connectivity index (χ3v) is 4.17. The van der Waals surface area contributed by atoms with Gasteiger partial charge in [0.1, 0.15) is 17.3 Å². The Morgan fingerprint density at radius 2 is 2.08 bits per heavy atom. The fourth-order valence-electron chi connectivity index (χ4n) is 2.89. The van der Waals surface area contributed by atoms with E-state index < -0.39 is 0 Å². The molecular weight excluding hydrogens is 304 g/mol. The Hall–Kier alpha value is -2.57. The minimum absolute atomic E-state index is 0.0484. The van der Waals surface area contributed by atoms with Crippen LogP contribution in [0.3, 0.4) is 0 Å². The number of anilines is 1. The molecule has 2 aromatic rings. The van der Waals surface area contributed by atoms with Gasteiger partial charge in [-0.3, -0.25) is 9.78 Å². The zero-order valence-corrected chi connectivity index (χ0v) is 14.1. The van der Waals surface area contributed by atoms with Crippen molar-refractivity contribution in [3.63, 3.8) is 0 Å². The van der Waals surface area contributed by atoms with Crippen molar-refractivity contribution in [1.82, 2.24) is 24.8 Å². The molecule has 0 spiro atoms. The molecule has 1 N–H and O–H groups in total. The molecule has 0 unspecified atom stereocenters. The summed E-state index contributed by atoms with van der Waals surface area (Å²) in [5.74, 6) is 1.61. The molecule has 126 valence electrons. The summed E-state index contributed by atoms with van der Waals surface area (Å²) in [6.07, 6.45) is 7.30. The maximum absolute atomic E-state index is 12.4. The first-order valence-corrected chi connectivity index (χ1v) is 8.32. The average Bonchev–Trinajstić information content (AvgIpc) is 2.62. The smallest absolute Gasteiger partial charge is 0.274 e. The SMILES string of the molecule is CCc1cc(NC2CCN(C(=O)c3cnccn3)CC2)nc(C)n1. The van der Waals surface area contributed by atoms with E-state index in [1.165, 1.54) is 6.20 Å². The molecule has 0 atom stereocenters. The molecule has 0 aromatic carbocycles. The van der Waals surface area contributed by atoms with Crippen LogP contribution in [0.15, 0.2) is 24.7 Å². The first-order chi connectivity index (χ1) is 11.7. The molecule has 3 rings (SSSR count). The number of hydrogen-bond acceptors (Lipinski definition) is 6. The minimum atomic E-state index is -0.0484. The van der Waals surface area contributed by atoms with E-state index >= 15 is 0 Å². The monoisotopic (exact) mass is 326 g/mol. The Kier molecular flexibility index (Phi) is 4.98. The van der Waals surface area contributed by atoms with E-state index in [0.717, 1.165) is 36.6 Å². The number of aryl methyl sites for hydroxylation is 2. The van der Waals surface area contributed by atoms with Crippen LogP contribution in [-0.4, -0.2) is 49.9 Å². The van der Waals surface area contributed by atoms with Crippen molar-refractivity contribution < 1.29 is 4.79 Å². The van der Waals surface area contributed by atoms with E-state index in [4.69, 9.17) is 0 Å². The summed E-state index contributed by atoms with van der Waals surface area (Å²) in [4.78, 5) is 31.1. The maximum atomic E-state index is 12.4. The van der Waals surface area contributed by atoms with Crippen LogP contribution in [0, 0.1) is 6.92 Å². The predicted molar refractivity (Wildman–Crippen MR) is 90.7 cm³/mol. The first kappa shape index (κ1) is 16.3. The summed E-state index contributed by atoms with van der Waals surface area (Å²) in [5, 5.41) is 3.48. The Balaban J connectivity index is 1.57. The molecule has 3 heterocycles. The molecule has 0 saturated carbocycles. The van der Waals surface area contributed by atoms with Crippen molar-refractivity contribution in [3.8, 4) is 0 Å². The largest absolute Gasteiger partial charge is 0.367 e. The van der Waals surface area contributed by atoms with Crippen molar-refractivity contribution in [2.45, 2.75) is 39.2 Å². The summed E-state index contributed by atoms with van der Waals surface area (Å²) < 4.78 is 0. The van der Waals surface area contributed by atoms with Gasteiger partial charge in [0, 0.05) is 43.3 Å². The van der Waals surface area contributed by atoms with Crippen molar-refractivity contribution in [1.29, 1.82) is 0 Å². The predicted octanol–water partition coefficient (Wildman–Crippen LogP) is 1.85. The third-order valence-electron chi connectivity index (χ3n) is 4.17. The lowest BCUT2D eigenvalue weighted by molar-refractivity contribution is 0.0712. The van der Waals surface area contributed by atoms with Crippen LogP contribution in [0.5, 0.6) is 0 Å². The van der Waals surface area contributed by atoms with Gasteiger partial charge in [0.2, 0.25) is 0 Å². The van der Waals surface area contributed by atoms with Gasteiger partial charge in [0.15, 0.2) is 0 Å². The van der Waals surface area contributed by atoms with Crippen LogP contribution in [0.2, 0.25) is 0 Å². The van der Waals surface area contributed by atoms with E-state index in [1.807, 2.05) is 17.9 Å². The second-order valence-electron chi connectivity index (χ2n) is 5.95. The zero-order chi connectivity index (χ0) is 16.9. The Morgan fingerprint density at radius 3 is 2.75 bits per heavy atom. The number of nitrogens with one attached hydrogen (secondary N) is 1. The molecule has 0 bridgehead atoms. The van der Waals surface area contributed by atoms with Crippen LogP contribution in [0.4, 0.5) is 5.82 Å². The second-order valence-corrected chi connectivity index (χ2v) is 5.95. The number of nitrogens with zero attached hydrogens (tertiary/aromatic N) is 5. The summed E-state index contributed by atoms with van der Waals surface area (Å²) in [5.41, 5.74) is 1.45. The number of rotatable bonds is 4. The molecule has 1 aliphatic heterocycles. The molecular formula is C17H22N6O. The van der Waals surface area contributed by atoms with Gasteiger partial charge in [-0.1, -0.05) is 6.92 Å². The molecule has 0 radical (unpaired) electrons. The highest BCUT2D eigenvalue weighted by Crippen LogP contribution is 2.17. The van der Waals surface area contributed by atoms with Crippen LogP contribution in [-0.2, 0) is 6.42 Å². The summed E-state index contributed by atoms with van der Waals surface area (Å²) in [6.45, 7) is 5.41. The van der Waals surface area contributed by atoms with Crippen LogP contribution < -0.4 is 5.32 Å². The lowest BCUT2D eigenvalue weighted by atomic mass is 10.0. The van der Waals surface area contributed by atoms with Crippen LogP contribution >= 0.6 is 0 Å². The lowest BCUT2D eigenvalue weighted by Crippen LogP contribution is -2.42. The Labute approximate surface area is 141 Å². The van der Waals surface area contributed by atoms with E-state index in [0.29, 0.717) is 24.8 Å². The molecule has 1 fully saturated rings. The summed E-state index contributed by atoms with van der Waals surface area (Å²) in [6, 6.07) is 2.32. The van der Waals surface area contributed by atoms with Gasteiger partial charge in [-0.15, -0.1) is 0 Å². The number of aromatic nitrogens is 4. The molecule has 7 nitrogen and oxygen atoms in total. The highest BCUT2D eigenvalue weighted by atomic mass is 16.2. The summed E-state index contributed by atoms with van der Waals surface area (Å²) >= 11 is 0. The number of carbonyl (C=O) groups excluding carboxylic acids is 1. The van der Waals surface area contributed by atoms with Crippen molar-refractivity contribution in [3.05, 3.63) is 41.9 Å². The van der Waals surface area contributed by atoms with Crippen molar-refractivity contribution in [2.24, 2.45) is 0 Å². The first-order valence-electron chi connectivity index (χ1n) is 8.32. The second kappa shape index (κ2) is 7.33. The fraction of sp³-hybridized carbons (Fsp3) is 0.471. The van der Waals surface area contributed by atoms with Gasteiger partial charge in [-0.25, -0.2) is 15.0 Å². The minimum Gasteiger partial charge on any atom is -0.367 e. The number of hydrogen-bond donors (Lipinski definition) is 1. The molecule has 7 heteroatoms. The van der Waals surface area contributed by atoms with Gasteiger partial charge in [0.25, 0.3) is 5.91 Å². The Bertz CT molecular complexity index is 697. The third kappa shape index (κ3) is 3.84.